The lowest BCUT2D eigenvalue weighted by Crippen LogP contribution is -2.48. The molecule has 0 saturated heterocycles. The summed E-state index contributed by atoms with van der Waals surface area (Å²) in [5, 5.41) is 29.8. The summed E-state index contributed by atoms with van der Waals surface area (Å²) in [6, 6.07) is 33.4. The number of carbonyl (C=O) groups is 4. The fourth-order valence-corrected chi connectivity index (χ4v) is 9.05. The molecule has 7 rings (SSSR count). The van der Waals surface area contributed by atoms with Gasteiger partial charge >= 0.3 is 12.2 Å². The molecule has 0 aliphatic carbocycles. The molecule has 0 unspecified atom stereocenters. The molecule has 0 saturated carbocycles. The first-order chi connectivity index (χ1) is 34.5. The zero-order valence-corrected chi connectivity index (χ0v) is 40.6. The van der Waals surface area contributed by atoms with E-state index in [0.29, 0.717) is 13.0 Å². The number of unbranched alkanes of at least 4 members (excludes halogenated alkanes) is 1. The van der Waals surface area contributed by atoms with E-state index >= 15 is 0 Å². The number of alkyl halides is 3. The van der Waals surface area contributed by atoms with Crippen LogP contribution >= 0.6 is 0 Å². The first-order valence-corrected chi connectivity index (χ1v) is 24.2. The Balaban J connectivity index is 0.00000113. The third-order valence-electron chi connectivity index (χ3n) is 12.5. The molecule has 3 heterocycles. The number of phenols is 1. The lowest BCUT2D eigenvalue weighted by molar-refractivity contribution is -0.708. The third-order valence-corrected chi connectivity index (χ3v) is 12.5. The smallest absolute Gasteiger partial charge is 0.430 e. The van der Waals surface area contributed by atoms with Crippen LogP contribution < -0.4 is 41.6 Å². The van der Waals surface area contributed by atoms with Gasteiger partial charge in [-0.05, 0) is 108 Å². The van der Waals surface area contributed by atoms with Crippen molar-refractivity contribution in [2.45, 2.75) is 96.4 Å². The van der Waals surface area contributed by atoms with Crippen LogP contribution in [0, 0.1) is 13.8 Å². The van der Waals surface area contributed by atoms with Gasteiger partial charge in [0.15, 0.2) is 17.3 Å². The van der Waals surface area contributed by atoms with Gasteiger partial charge in [0.25, 0.3) is 0 Å². The van der Waals surface area contributed by atoms with Crippen molar-refractivity contribution in [3.8, 4) is 5.75 Å². The quantitative estimate of drug-likeness (QED) is 0.0255. The van der Waals surface area contributed by atoms with E-state index in [2.05, 4.69) is 86.0 Å². The number of amides is 4. The molecular formula is C55H63F3N8O6. The number of aliphatic carboxylic acids is 1. The molecule has 0 fully saturated rings. The Hall–Kier alpha value is -7.69. The summed E-state index contributed by atoms with van der Waals surface area (Å²) >= 11 is 0. The highest BCUT2D eigenvalue weighted by atomic mass is 19.4. The molecule has 17 heteroatoms. The highest BCUT2D eigenvalue weighted by Crippen LogP contribution is 2.36. The number of anilines is 1. The number of carboxylic acid groups (broad SMARTS) is 1. The molecule has 2 aliphatic rings. The zero-order valence-electron chi connectivity index (χ0n) is 40.6. The number of carboxylic acids is 1. The highest BCUT2D eigenvalue weighted by Gasteiger charge is 2.30. The fourth-order valence-electron chi connectivity index (χ4n) is 9.05. The second kappa shape index (κ2) is 26.0. The Morgan fingerprint density at radius 2 is 1.35 bits per heavy atom. The second-order valence-corrected chi connectivity index (χ2v) is 17.9. The molecule has 5 aromatic rings. The van der Waals surface area contributed by atoms with E-state index in [1.54, 1.807) is 24.3 Å². The summed E-state index contributed by atoms with van der Waals surface area (Å²) in [4.78, 5) is 55.9. The van der Waals surface area contributed by atoms with Crippen molar-refractivity contribution in [3.63, 3.8) is 0 Å². The summed E-state index contributed by atoms with van der Waals surface area (Å²) in [5.74, 6) is -4.19. The summed E-state index contributed by atoms with van der Waals surface area (Å²) in [6.45, 7) is 8.43. The summed E-state index contributed by atoms with van der Waals surface area (Å²) in [5.41, 5.74) is 17.9. The Bertz CT molecular complexity index is 2600. The number of halogens is 3. The van der Waals surface area contributed by atoms with Gasteiger partial charge in [-0.3, -0.25) is 19.9 Å². The predicted molar refractivity (Wildman–Crippen MR) is 270 cm³/mol. The first-order valence-electron chi connectivity index (χ1n) is 24.2. The van der Waals surface area contributed by atoms with Crippen LogP contribution in [0.5, 0.6) is 5.75 Å². The van der Waals surface area contributed by atoms with E-state index in [1.807, 2.05) is 60.7 Å². The highest BCUT2D eigenvalue weighted by molar-refractivity contribution is 5.95. The number of nitrogens with one attached hydrogen (secondary N) is 4. The number of benzene rings is 4. The normalized spacial score (nSPS) is 13.6. The van der Waals surface area contributed by atoms with Crippen LogP contribution in [-0.2, 0) is 40.3 Å². The number of hydrogen-bond acceptors (Lipinski definition) is 8. The summed E-state index contributed by atoms with van der Waals surface area (Å²) in [7, 11) is 0. The number of phenolic OH excluding ortho intramolecular Hbond substituents is 1. The number of rotatable bonds is 18. The molecule has 4 aromatic carbocycles. The number of urea groups is 1. The lowest BCUT2D eigenvalue weighted by atomic mass is 9.90. The van der Waals surface area contributed by atoms with E-state index in [1.165, 1.54) is 78.1 Å². The van der Waals surface area contributed by atoms with Gasteiger partial charge in [-0.15, -0.1) is 0 Å². The van der Waals surface area contributed by atoms with Crippen LogP contribution in [0.25, 0.3) is 12.2 Å². The number of nitrogens with zero attached hydrogens (tertiary/aromatic N) is 3. The van der Waals surface area contributed by atoms with Crippen LogP contribution in [0.2, 0.25) is 0 Å². The van der Waals surface area contributed by atoms with Crippen molar-refractivity contribution in [1.82, 2.24) is 21.3 Å². The van der Waals surface area contributed by atoms with Crippen LogP contribution in [0.4, 0.5) is 23.7 Å². The number of aliphatic imine (C=N–C) groups is 1. The Kier molecular flexibility index (Phi) is 19.3. The maximum atomic E-state index is 14.0. The molecule has 0 bridgehead atoms. The van der Waals surface area contributed by atoms with E-state index < -0.39 is 30.1 Å². The van der Waals surface area contributed by atoms with Crippen LogP contribution in [-0.4, -0.2) is 73.3 Å². The first kappa shape index (κ1) is 53.7. The lowest BCUT2D eigenvalue weighted by Gasteiger charge is -2.37. The van der Waals surface area contributed by atoms with Gasteiger partial charge in [0.05, 0.1) is 5.92 Å². The molecule has 72 heavy (non-hydrogen) atoms. The van der Waals surface area contributed by atoms with Crippen molar-refractivity contribution in [2.75, 3.05) is 31.1 Å². The average Bonchev–Trinajstić information content (AvgIpc) is 3.35. The molecule has 380 valence electrons. The number of hydrogen-bond donors (Lipinski definition) is 6. The van der Waals surface area contributed by atoms with Crippen molar-refractivity contribution in [2.24, 2.45) is 10.7 Å². The van der Waals surface area contributed by atoms with Crippen molar-refractivity contribution < 1.29 is 47.1 Å². The van der Waals surface area contributed by atoms with Gasteiger partial charge in [-0.1, -0.05) is 84.9 Å². The number of pyridine rings is 1. The zero-order chi connectivity index (χ0) is 51.6. The minimum absolute atomic E-state index is 0.0306. The largest absolute Gasteiger partial charge is 0.542 e. The van der Waals surface area contributed by atoms with Crippen molar-refractivity contribution in [1.29, 1.82) is 0 Å². The predicted octanol–water partition coefficient (Wildman–Crippen LogP) is 6.27. The molecule has 7 N–H and O–H groups in total. The molecular weight excluding hydrogens is 926 g/mol. The molecule has 1 aromatic heterocycles. The monoisotopic (exact) mass is 988 g/mol. The van der Waals surface area contributed by atoms with Crippen molar-refractivity contribution in [3.05, 3.63) is 160 Å². The number of aromatic hydroxyl groups is 1. The Morgan fingerprint density at radius 3 is 1.90 bits per heavy atom. The van der Waals surface area contributed by atoms with E-state index in [-0.39, 0.29) is 43.0 Å². The van der Waals surface area contributed by atoms with Crippen LogP contribution in [0.1, 0.15) is 94.8 Å². The van der Waals surface area contributed by atoms with E-state index in [4.69, 9.17) is 15.6 Å². The van der Waals surface area contributed by atoms with Gasteiger partial charge in [-0.2, -0.15) is 13.2 Å². The Morgan fingerprint density at radius 1 is 0.792 bits per heavy atom. The molecule has 0 spiro atoms. The maximum Gasteiger partial charge on any atom is 0.430 e. The molecule has 14 nitrogen and oxygen atoms in total. The molecule has 4 amide bonds. The average molecular weight is 989 g/mol. The number of guanidine groups is 1. The fraction of sp³-hybridized carbons (Fsp3) is 0.345. The van der Waals surface area contributed by atoms with Gasteiger partial charge in [0, 0.05) is 70.8 Å². The second-order valence-electron chi connectivity index (χ2n) is 17.9. The molecule has 2 aliphatic heterocycles. The number of aromatic nitrogens is 1. The summed E-state index contributed by atoms with van der Waals surface area (Å²) < 4.78 is 33.9. The van der Waals surface area contributed by atoms with Gasteiger partial charge < -0.3 is 41.6 Å². The molecule has 0 radical (unpaired) electrons. The van der Waals surface area contributed by atoms with Gasteiger partial charge in [0.1, 0.15) is 24.3 Å². The molecule has 1 atom stereocenters. The van der Waals surface area contributed by atoms with Gasteiger partial charge in [-0.25, -0.2) is 9.36 Å². The van der Waals surface area contributed by atoms with E-state index in [0.717, 1.165) is 36.1 Å². The number of carbonyl (C=O) groups excluding carboxylic acids is 4. The minimum Gasteiger partial charge on any atom is -0.542 e. The summed E-state index contributed by atoms with van der Waals surface area (Å²) in [6.07, 6.45) is 6.45. The number of nitrogens with two attached hydrogens (primary N) is 1. The third kappa shape index (κ3) is 15.9. The Labute approximate surface area is 418 Å². The van der Waals surface area contributed by atoms with Gasteiger partial charge in [0.2, 0.25) is 11.8 Å². The minimum atomic E-state index is -5.19. The van der Waals surface area contributed by atoms with E-state index in [9.17, 15) is 32.7 Å². The standard InChI is InChI=1S/C53H62N8O4.C2HF3O2/c1-37-32-40(21-22-41-34-44-18-12-29-60-30-13-19-45(35-41)49(44)60)33-38(2)61(37)31-10-9-27-56-53(65)59-52(54)55-28-11-20-47(50(63)57-36-39-23-25-46(62)26-24-39)58-51(64)48(42-14-5-3-6-15-42)43-16-7-4-8-17-43;3-2(4,5)1(6)7/h3-8,14-17,21-26,32-35,47-48H,9-13,18-20,27-31,36H2,1-2H3,(H6-,54,55,56,57,58,59,62,63,64,65);(H,6,7)/t47-;/m1./s1. The van der Waals surface area contributed by atoms with Crippen LogP contribution in [0.15, 0.2) is 114 Å². The van der Waals surface area contributed by atoms with Crippen LogP contribution in [0.3, 0.4) is 0 Å². The SMILES string of the molecule is Cc1cc(/C=C/c2cc3c4c(c2)CCCN4CCC3)cc(C)[n+]1CCCCNC(=O)NC(N)=NCCC[C@@H](NC(=O)C(c1ccccc1)c1ccccc1)C(=O)NCc1ccc(O)cc1.O=C([O-])C(F)(F)F. The maximum absolute atomic E-state index is 14.0. The topological polar surface area (TPSA) is 205 Å². The van der Waals surface area contributed by atoms with Crippen molar-refractivity contribution >= 4 is 47.6 Å². The number of aryl methyl sites for hydroxylation is 4.